The second-order valence-corrected chi connectivity index (χ2v) is 8.97. The highest BCUT2D eigenvalue weighted by atomic mass is 19.2. The molecule has 1 fully saturated rings. The Kier molecular flexibility index (Phi) is 11.7. The lowest BCUT2D eigenvalue weighted by Gasteiger charge is -2.38. The maximum absolute atomic E-state index is 13.2. The van der Waals surface area contributed by atoms with E-state index in [1.807, 2.05) is 33.0 Å². The molecule has 3 atom stereocenters. The van der Waals surface area contributed by atoms with Gasteiger partial charge in [-0.2, -0.15) is 0 Å². The summed E-state index contributed by atoms with van der Waals surface area (Å²) in [4.78, 5) is 31.5. The van der Waals surface area contributed by atoms with Gasteiger partial charge in [-0.15, -0.1) is 0 Å². The number of rotatable bonds is 6. The zero-order chi connectivity index (χ0) is 27.5. The number of H-pyrrole nitrogens is 1. The van der Waals surface area contributed by atoms with E-state index in [4.69, 9.17) is 0 Å². The van der Waals surface area contributed by atoms with Crippen LogP contribution in [0.2, 0.25) is 0 Å². The molecule has 2 amide bonds. The van der Waals surface area contributed by atoms with E-state index in [1.165, 1.54) is 6.07 Å². The molecule has 37 heavy (non-hydrogen) atoms. The smallest absolute Gasteiger partial charge is 0.256 e. The molecule has 3 unspecified atom stereocenters. The lowest BCUT2D eigenvalue weighted by molar-refractivity contribution is -0.143. The molecule has 1 aliphatic rings. The van der Waals surface area contributed by atoms with Crippen LogP contribution in [0.1, 0.15) is 64.2 Å². The molecule has 3 N–H and O–H groups in total. The highest BCUT2D eigenvalue weighted by Crippen LogP contribution is 2.29. The Bertz CT molecular complexity index is 1170. The Morgan fingerprint density at radius 2 is 2.03 bits per heavy atom. The van der Waals surface area contributed by atoms with Crippen molar-refractivity contribution >= 4 is 29.0 Å². The molecule has 1 aromatic carbocycles. The Morgan fingerprint density at radius 1 is 1.30 bits per heavy atom. The lowest BCUT2D eigenvalue weighted by Crippen LogP contribution is -2.45. The van der Waals surface area contributed by atoms with Crippen LogP contribution in [0.5, 0.6) is 0 Å². The van der Waals surface area contributed by atoms with Crippen molar-refractivity contribution in [3.05, 3.63) is 59.4 Å². The number of halogens is 2. The number of pyridine rings is 1. The molecule has 0 radical (unpaired) electrons. The molecule has 0 saturated carbocycles. The van der Waals surface area contributed by atoms with Gasteiger partial charge in [0.2, 0.25) is 6.41 Å². The summed E-state index contributed by atoms with van der Waals surface area (Å²) in [7, 11) is 0. The van der Waals surface area contributed by atoms with Crippen LogP contribution in [-0.2, 0) is 9.59 Å². The summed E-state index contributed by atoms with van der Waals surface area (Å²) in [5, 5.41) is 13.8. The van der Waals surface area contributed by atoms with E-state index in [2.05, 4.69) is 29.1 Å². The molecule has 0 aliphatic carbocycles. The molecule has 3 heterocycles. The number of hydrogen-bond donors (Lipinski definition) is 3. The minimum Gasteiger partial charge on any atom is -0.378 e. The normalized spacial score (nSPS) is 17.7. The van der Waals surface area contributed by atoms with E-state index < -0.39 is 23.6 Å². The van der Waals surface area contributed by atoms with Crippen molar-refractivity contribution in [2.45, 2.75) is 60.0 Å². The second kappa shape index (κ2) is 14.4. The second-order valence-electron chi connectivity index (χ2n) is 8.97. The molecule has 0 bridgehead atoms. The number of carbonyl (C=O) groups is 2. The number of nitrogens with zero attached hydrogens (tertiary/aromatic N) is 2. The fraction of sp³-hybridized carbons (Fsp3) is 0.464. The Hall–Kier alpha value is -3.33. The largest absolute Gasteiger partial charge is 0.378 e. The summed E-state index contributed by atoms with van der Waals surface area (Å²) in [5.74, 6) is -1.48. The number of amides is 2. The number of aryl methyl sites for hydroxylation is 1. The van der Waals surface area contributed by atoms with Crippen LogP contribution in [0.25, 0.3) is 11.0 Å². The molecule has 9 heteroatoms. The molecular weight excluding hydrogens is 478 g/mol. The monoisotopic (exact) mass is 516 g/mol. The van der Waals surface area contributed by atoms with E-state index >= 15 is 0 Å². The first-order valence-electron chi connectivity index (χ1n) is 12.8. The van der Waals surface area contributed by atoms with Gasteiger partial charge in [0.05, 0.1) is 11.9 Å². The van der Waals surface area contributed by atoms with Crippen molar-refractivity contribution < 1.29 is 23.5 Å². The quantitative estimate of drug-likeness (QED) is 0.364. The maximum atomic E-state index is 13.2. The Labute approximate surface area is 217 Å². The summed E-state index contributed by atoms with van der Waals surface area (Å²) in [6.45, 7) is 11.5. The predicted octanol–water partition coefficient (Wildman–Crippen LogP) is 5.75. The van der Waals surface area contributed by atoms with Gasteiger partial charge in [-0.25, -0.2) is 13.8 Å². The Morgan fingerprint density at radius 3 is 2.68 bits per heavy atom. The van der Waals surface area contributed by atoms with E-state index in [0.29, 0.717) is 31.3 Å². The Balaban J connectivity index is 0.000000272. The van der Waals surface area contributed by atoms with Crippen LogP contribution in [0.15, 0.2) is 36.7 Å². The number of fused-ring (bicyclic) bond motifs is 1. The molecule has 1 saturated heterocycles. The number of likely N-dealkylation sites (tertiary alicyclic amines) is 1. The predicted molar refractivity (Wildman–Crippen MR) is 142 cm³/mol. The summed E-state index contributed by atoms with van der Waals surface area (Å²) in [6.07, 6.45) is 5.70. The van der Waals surface area contributed by atoms with Gasteiger partial charge in [-0.1, -0.05) is 40.2 Å². The molecule has 1 aliphatic heterocycles. The molecule has 2 aromatic heterocycles. The fourth-order valence-electron chi connectivity index (χ4n) is 4.44. The maximum Gasteiger partial charge on any atom is 0.256 e. The first-order chi connectivity index (χ1) is 17.8. The third-order valence-corrected chi connectivity index (χ3v) is 6.65. The minimum absolute atomic E-state index is 0.0922. The minimum atomic E-state index is -1.44. The summed E-state index contributed by atoms with van der Waals surface area (Å²) >= 11 is 0. The van der Waals surface area contributed by atoms with E-state index in [0.717, 1.165) is 53.7 Å². The van der Waals surface area contributed by atoms with Gasteiger partial charge < -0.3 is 20.3 Å². The van der Waals surface area contributed by atoms with Crippen molar-refractivity contribution in [1.29, 1.82) is 0 Å². The zero-order valence-corrected chi connectivity index (χ0v) is 22.2. The van der Waals surface area contributed by atoms with Crippen molar-refractivity contribution in [2.24, 2.45) is 11.8 Å². The van der Waals surface area contributed by atoms with Crippen molar-refractivity contribution in [3.8, 4) is 0 Å². The van der Waals surface area contributed by atoms with Gasteiger partial charge in [0.25, 0.3) is 5.91 Å². The summed E-state index contributed by atoms with van der Waals surface area (Å²) in [6, 6.07) is 5.00. The van der Waals surface area contributed by atoms with Gasteiger partial charge in [0, 0.05) is 24.7 Å². The highest BCUT2D eigenvalue weighted by Gasteiger charge is 2.31. The van der Waals surface area contributed by atoms with Crippen LogP contribution in [0, 0.1) is 30.4 Å². The van der Waals surface area contributed by atoms with Crippen molar-refractivity contribution in [3.63, 3.8) is 0 Å². The highest BCUT2D eigenvalue weighted by molar-refractivity contribution is 5.87. The number of aliphatic hydroxyl groups is 1. The van der Waals surface area contributed by atoms with E-state index in [-0.39, 0.29) is 5.56 Å². The average Bonchev–Trinajstić information content (AvgIpc) is 3.39. The molecule has 202 valence electrons. The number of aliphatic hydroxyl groups excluding tert-OH is 1. The third-order valence-electron chi connectivity index (χ3n) is 6.65. The van der Waals surface area contributed by atoms with Crippen LogP contribution in [-0.4, -0.2) is 45.4 Å². The molecule has 3 aromatic rings. The topological polar surface area (TPSA) is 98.3 Å². The number of benzene rings is 1. The van der Waals surface area contributed by atoms with Crippen molar-refractivity contribution in [1.82, 2.24) is 14.9 Å². The summed E-state index contributed by atoms with van der Waals surface area (Å²) < 4.78 is 26.2. The van der Waals surface area contributed by atoms with Crippen LogP contribution >= 0.6 is 0 Å². The number of hydrogen-bond acceptors (Lipinski definition) is 4. The van der Waals surface area contributed by atoms with Gasteiger partial charge in [0.15, 0.2) is 17.7 Å². The van der Waals surface area contributed by atoms with Gasteiger partial charge in [-0.3, -0.25) is 9.59 Å². The number of anilines is 1. The third kappa shape index (κ3) is 7.58. The molecular formula is C28H38F2N4O3. The molecule has 0 spiro atoms. The van der Waals surface area contributed by atoms with Gasteiger partial charge in [-0.05, 0) is 60.9 Å². The number of piperidine rings is 1. The molecule has 4 rings (SSSR count). The number of aromatic amines is 1. The SMILES string of the molecule is CC.CCCC1CN(C(=O)C(O)c2ccc(F)c(F)c2)CCC1C.Cc1c(NC=O)cnc2[nH]ccc12. The average molecular weight is 517 g/mol. The first kappa shape index (κ1) is 29.9. The number of carbonyl (C=O) groups excluding carboxylic acids is 2. The van der Waals surface area contributed by atoms with E-state index in [9.17, 15) is 23.5 Å². The van der Waals surface area contributed by atoms with Crippen LogP contribution < -0.4 is 5.32 Å². The standard InChI is InChI=1S/C17H23F2NO2.C9H9N3O.C2H6/c1-3-4-13-10-20(8-7-11(13)2)17(22)16(21)12-5-6-14(18)15(19)9-12;1-6-7-2-3-10-9(7)11-4-8(6)12-5-13;1-2/h5-6,9,11,13,16,21H,3-4,7-8,10H2,1-2H3;2-5H,1H3,(H,10,11)(H,12,13);1-2H3. The zero-order valence-electron chi connectivity index (χ0n) is 22.2. The first-order valence-corrected chi connectivity index (χ1v) is 12.8. The van der Waals surface area contributed by atoms with Gasteiger partial charge >= 0.3 is 0 Å². The molecule has 7 nitrogen and oxygen atoms in total. The number of aromatic nitrogens is 2. The lowest BCUT2D eigenvalue weighted by atomic mass is 9.84. The summed E-state index contributed by atoms with van der Waals surface area (Å²) in [5.41, 5.74) is 2.71. The van der Waals surface area contributed by atoms with Crippen molar-refractivity contribution in [2.75, 3.05) is 18.4 Å². The van der Waals surface area contributed by atoms with Gasteiger partial charge in [0.1, 0.15) is 5.65 Å². The van der Waals surface area contributed by atoms with Crippen LogP contribution in [0.3, 0.4) is 0 Å². The van der Waals surface area contributed by atoms with Crippen LogP contribution in [0.4, 0.5) is 14.5 Å². The number of nitrogens with one attached hydrogen (secondary N) is 2. The fourth-order valence-corrected chi connectivity index (χ4v) is 4.44. The van der Waals surface area contributed by atoms with E-state index in [1.54, 1.807) is 11.1 Å².